The van der Waals surface area contributed by atoms with E-state index in [-0.39, 0.29) is 5.75 Å². The van der Waals surface area contributed by atoms with Gasteiger partial charge in [-0.15, -0.1) is 0 Å². The van der Waals surface area contributed by atoms with Crippen molar-refractivity contribution < 1.29 is 17.7 Å². The molecule has 1 atom stereocenters. The molecule has 1 unspecified atom stereocenters. The second-order valence-electron chi connectivity index (χ2n) is 6.53. The Balaban J connectivity index is 1.70. The SMILES string of the molecule is Cn1cc(-c2nc(Nc3cc(OC(F)F)ccn3)cc(C3=CCS(=O)CC3)n2)cn1. The fourth-order valence-electron chi connectivity index (χ4n) is 2.96. The summed E-state index contributed by atoms with van der Waals surface area (Å²) in [6.45, 7) is -2.92. The molecule has 1 aliphatic rings. The highest BCUT2D eigenvalue weighted by Gasteiger charge is 2.16. The van der Waals surface area contributed by atoms with Crippen molar-refractivity contribution in [2.45, 2.75) is 13.0 Å². The van der Waals surface area contributed by atoms with Crippen LogP contribution in [0.15, 0.2) is 42.9 Å². The molecule has 4 heterocycles. The summed E-state index contributed by atoms with van der Waals surface area (Å²) in [5.41, 5.74) is 2.40. The predicted octanol–water partition coefficient (Wildman–Crippen LogP) is 3.15. The van der Waals surface area contributed by atoms with Crippen LogP contribution in [0, 0.1) is 0 Å². The molecule has 3 aromatic heterocycles. The number of rotatable bonds is 6. The molecule has 0 fully saturated rings. The first-order valence-corrected chi connectivity index (χ1v) is 10.6. The maximum atomic E-state index is 12.5. The van der Waals surface area contributed by atoms with E-state index in [1.54, 1.807) is 30.2 Å². The number of allylic oxidation sites excluding steroid dienone is 1. The lowest BCUT2D eigenvalue weighted by atomic mass is 10.1. The molecule has 0 saturated carbocycles. The van der Waals surface area contributed by atoms with Crippen LogP contribution in [0.25, 0.3) is 17.0 Å². The summed E-state index contributed by atoms with van der Waals surface area (Å²) in [6.07, 6.45) is 7.38. The van der Waals surface area contributed by atoms with Crippen LogP contribution in [-0.4, -0.2) is 47.1 Å². The molecular weight excluding hydrogens is 414 g/mol. The van der Waals surface area contributed by atoms with Gasteiger partial charge in [-0.3, -0.25) is 8.89 Å². The minimum Gasteiger partial charge on any atom is -0.435 e. The molecule has 0 bridgehead atoms. The zero-order valence-corrected chi connectivity index (χ0v) is 16.8. The molecule has 8 nitrogen and oxygen atoms in total. The minimum atomic E-state index is -2.92. The van der Waals surface area contributed by atoms with E-state index in [4.69, 9.17) is 0 Å². The third kappa shape index (κ3) is 4.85. The number of pyridine rings is 1. The highest BCUT2D eigenvalue weighted by atomic mass is 32.2. The highest BCUT2D eigenvalue weighted by molar-refractivity contribution is 7.85. The number of halogens is 2. The molecule has 30 heavy (non-hydrogen) atoms. The molecule has 4 rings (SSSR count). The quantitative estimate of drug-likeness (QED) is 0.639. The molecule has 0 saturated heterocycles. The largest absolute Gasteiger partial charge is 0.435 e. The second-order valence-corrected chi connectivity index (χ2v) is 8.16. The maximum absolute atomic E-state index is 12.5. The zero-order valence-electron chi connectivity index (χ0n) is 16.0. The van der Waals surface area contributed by atoms with E-state index in [9.17, 15) is 13.0 Å². The number of nitrogens with one attached hydrogen (secondary N) is 1. The second kappa shape index (κ2) is 8.66. The van der Waals surface area contributed by atoms with Gasteiger partial charge in [0.2, 0.25) is 0 Å². The number of aromatic nitrogens is 5. The normalized spacial score (nSPS) is 16.4. The Bertz CT molecular complexity index is 1120. The van der Waals surface area contributed by atoms with Crippen molar-refractivity contribution in [3.05, 3.63) is 48.6 Å². The van der Waals surface area contributed by atoms with E-state index < -0.39 is 17.4 Å². The van der Waals surface area contributed by atoms with Crippen LogP contribution in [0.4, 0.5) is 20.4 Å². The Hall–Kier alpha value is -3.21. The fourth-order valence-corrected chi connectivity index (χ4v) is 3.97. The van der Waals surface area contributed by atoms with E-state index in [2.05, 4.69) is 30.1 Å². The van der Waals surface area contributed by atoms with E-state index >= 15 is 0 Å². The first-order valence-electron chi connectivity index (χ1n) is 9.06. The lowest BCUT2D eigenvalue weighted by Crippen LogP contribution is -2.10. The van der Waals surface area contributed by atoms with Crippen LogP contribution in [-0.2, 0) is 17.8 Å². The van der Waals surface area contributed by atoms with E-state index in [1.165, 1.54) is 18.3 Å². The summed E-state index contributed by atoms with van der Waals surface area (Å²) in [4.78, 5) is 13.3. The average molecular weight is 432 g/mol. The maximum Gasteiger partial charge on any atom is 0.387 e. The number of ether oxygens (including phenoxy) is 1. The smallest absolute Gasteiger partial charge is 0.387 e. The molecule has 1 aliphatic heterocycles. The summed E-state index contributed by atoms with van der Waals surface area (Å²) in [6, 6.07) is 4.46. The number of hydrogen-bond donors (Lipinski definition) is 1. The Morgan fingerprint density at radius 1 is 1.27 bits per heavy atom. The van der Waals surface area contributed by atoms with Crippen molar-refractivity contribution in [3.8, 4) is 17.1 Å². The van der Waals surface area contributed by atoms with Gasteiger partial charge in [-0.05, 0) is 18.1 Å². The lowest BCUT2D eigenvalue weighted by molar-refractivity contribution is -0.0498. The van der Waals surface area contributed by atoms with Crippen molar-refractivity contribution in [1.82, 2.24) is 24.7 Å². The fraction of sp³-hybridized carbons (Fsp3) is 0.263. The summed E-state index contributed by atoms with van der Waals surface area (Å²) in [5.74, 6) is 2.24. The third-order valence-corrected chi connectivity index (χ3v) is 5.54. The van der Waals surface area contributed by atoms with Gasteiger partial charge in [0.05, 0.1) is 17.5 Å². The van der Waals surface area contributed by atoms with Gasteiger partial charge < -0.3 is 10.1 Å². The van der Waals surface area contributed by atoms with Gasteiger partial charge >= 0.3 is 6.61 Å². The Kier molecular flexibility index (Phi) is 5.79. The molecule has 11 heteroatoms. The van der Waals surface area contributed by atoms with Crippen molar-refractivity contribution in [1.29, 1.82) is 0 Å². The molecule has 0 aromatic carbocycles. The van der Waals surface area contributed by atoms with E-state index in [1.807, 2.05) is 6.08 Å². The van der Waals surface area contributed by atoms with Crippen molar-refractivity contribution >= 4 is 28.0 Å². The highest BCUT2D eigenvalue weighted by Crippen LogP contribution is 2.27. The summed E-state index contributed by atoms with van der Waals surface area (Å²) < 4.78 is 42.7. The Morgan fingerprint density at radius 2 is 2.13 bits per heavy atom. The van der Waals surface area contributed by atoms with Crippen molar-refractivity contribution in [2.75, 3.05) is 16.8 Å². The molecule has 0 radical (unpaired) electrons. The first kappa shape index (κ1) is 20.1. The van der Waals surface area contributed by atoms with Crippen LogP contribution in [0.1, 0.15) is 12.1 Å². The van der Waals surface area contributed by atoms with Crippen LogP contribution < -0.4 is 10.1 Å². The summed E-state index contributed by atoms with van der Waals surface area (Å²) in [5, 5.41) is 7.18. The monoisotopic (exact) mass is 432 g/mol. The van der Waals surface area contributed by atoms with Gasteiger partial charge in [-0.2, -0.15) is 13.9 Å². The van der Waals surface area contributed by atoms with Gasteiger partial charge in [0.1, 0.15) is 17.4 Å². The predicted molar refractivity (Wildman–Crippen MR) is 109 cm³/mol. The van der Waals surface area contributed by atoms with Crippen LogP contribution >= 0.6 is 0 Å². The molecule has 0 amide bonds. The third-order valence-electron chi connectivity index (χ3n) is 4.35. The van der Waals surface area contributed by atoms with Crippen LogP contribution in [0.3, 0.4) is 0 Å². The van der Waals surface area contributed by atoms with Gasteiger partial charge in [-0.1, -0.05) is 6.08 Å². The lowest BCUT2D eigenvalue weighted by Gasteiger charge is -2.14. The Labute approximate surface area is 173 Å². The average Bonchev–Trinajstić information content (AvgIpc) is 3.14. The zero-order chi connectivity index (χ0) is 21.1. The standard InChI is InChI=1S/C19H18F2N6O2S/c1-27-11-13(10-23-27)18-24-15(12-3-6-30(28)7-4-12)9-17(26-18)25-16-8-14(2-5-22-16)29-19(20)21/h2-3,5,8-11,19H,4,6-7H2,1H3,(H,22,24,25,26). The van der Waals surface area contributed by atoms with Gasteiger partial charge in [0, 0.05) is 53.9 Å². The van der Waals surface area contributed by atoms with Crippen molar-refractivity contribution in [2.24, 2.45) is 7.05 Å². The van der Waals surface area contributed by atoms with Gasteiger partial charge in [0.25, 0.3) is 0 Å². The number of anilines is 2. The molecule has 156 valence electrons. The van der Waals surface area contributed by atoms with E-state index in [0.717, 1.165) is 11.1 Å². The van der Waals surface area contributed by atoms with Crippen molar-refractivity contribution in [3.63, 3.8) is 0 Å². The summed E-state index contributed by atoms with van der Waals surface area (Å²) in [7, 11) is 0.944. The molecule has 0 spiro atoms. The van der Waals surface area contributed by atoms with Gasteiger partial charge in [0.15, 0.2) is 5.82 Å². The van der Waals surface area contributed by atoms with Crippen LogP contribution in [0.2, 0.25) is 0 Å². The number of hydrogen-bond acceptors (Lipinski definition) is 7. The number of alkyl halides is 2. The number of aryl methyl sites for hydroxylation is 1. The van der Waals surface area contributed by atoms with E-state index in [0.29, 0.717) is 41.1 Å². The topological polar surface area (TPSA) is 94.8 Å². The minimum absolute atomic E-state index is 0.0123. The first-order chi connectivity index (χ1) is 14.5. The van der Waals surface area contributed by atoms with Gasteiger partial charge in [-0.25, -0.2) is 15.0 Å². The summed E-state index contributed by atoms with van der Waals surface area (Å²) >= 11 is 0. The molecule has 3 aromatic rings. The number of nitrogens with zero attached hydrogens (tertiary/aromatic N) is 5. The molecular formula is C19H18F2N6O2S. The molecule has 0 aliphatic carbocycles. The molecule has 1 N–H and O–H groups in total. The van der Waals surface area contributed by atoms with Crippen LogP contribution in [0.5, 0.6) is 5.75 Å². The Morgan fingerprint density at radius 3 is 2.83 bits per heavy atom.